The van der Waals surface area contributed by atoms with Gasteiger partial charge in [-0.15, -0.1) is 0 Å². The summed E-state index contributed by atoms with van der Waals surface area (Å²) in [5.74, 6) is 0.847. The molecule has 0 unspecified atom stereocenters. The van der Waals surface area contributed by atoms with Crippen LogP contribution in [0.1, 0.15) is 16.8 Å². The van der Waals surface area contributed by atoms with Crippen molar-refractivity contribution in [1.82, 2.24) is 14.4 Å². The number of nitrogens with zero attached hydrogens (tertiary/aromatic N) is 4. The van der Waals surface area contributed by atoms with E-state index >= 15 is 8.63 Å². The minimum absolute atomic E-state index is 0.273. The lowest BCUT2D eigenvalue weighted by molar-refractivity contribution is -0.360. The number of allylic oxidation sites excluding steroid dienone is 2. The topological polar surface area (TPSA) is 42.9 Å². The van der Waals surface area contributed by atoms with Gasteiger partial charge < -0.3 is 22.3 Å². The Kier molecular flexibility index (Phi) is 6.95. The molecule has 0 saturated heterocycles. The molecule has 2 aromatic heterocycles. The van der Waals surface area contributed by atoms with Crippen molar-refractivity contribution in [2.75, 3.05) is 0 Å². The highest BCUT2D eigenvalue weighted by molar-refractivity contribution is 7.99. The van der Waals surface area contributed by atoms with E-state index in [9.17, 15) is 0 Å². The largest absolute Gasteiger partial charge is 0.737 e. The molecule has 6 aromatic rings. The molecular formula is C37H25BF2N4OS. The van der Waals surface area contributed by atoms with E-state index in [-0.39, 0.29) is 5.88 Å². The highest BCUT2D eigenvalue weighted by Gasteiger charge is 2.55. The maximum Gasteiger partial charge on any atom is 0.737 e. The molecule has 2 aliphatic rings. The van der Waals surface area contributed by atoms with Gasteiger partial charge >= 0.3 is 6.97 Å². The number of fused-ring (bicyclic) bond motifs is 2. The number of hydrogen-bond donors (Lipinski definition) is 0. The Labute approximate surface area is 268 Å². The third-order valence-corrected chi connectivity index (χ3v) is 9.06. The molecule has 0 saturated carbocycles. The Hall–Kier alpha value is -5.54. The monoisotopic (exact) mass is 622 g/mol. The van der Waals surface area contributed by atoms with E-state index in [4.69, 9.17) is 9.72 Å². The average molecular weight is 623 g/mol. The maximum absolute atomic E-state index is 17.2. The van der Waals surface area contributed by atoms with Crippen molar-refractivity contribution in [2.24, 2.45) is 0 Å². The first-order chi connectivity index (χ1) is 22.6. The third kappa shape index (κ3) is 4.76. The van der Waals surface area contributed by atoms with Crippen LogP contribution in [0.15, 0.2) is 168 Å². The van der Waals surface area contributed by atoms with Gasteiger partial charge in [-0.25, -0.2) is 9.97 Å². The minimum Gasteiger partial charge on any atom is -0.438 e. The Morgan fingerprint density at radius 2 is 1.26 bits per heavy atom. The zero-order chi connectivity index (χ0) is 31.1. The SMILES string of the molecule is F[B-]1(F)n2c(ccc2-c2ccccc2)C(c2c(Oc3ccccc3)ncnc2Sc2ccccc2)=C2C=CC(c3ccccc3)=[N+]21. The van der Waals surface area contributed by atoms with Gasteiger partial charge in [-0.2, -0.15) is 0 Å². The van der Waals surface area contributed by atoms with E-state index in [0.717, 1.165) is 4.90 Å². The van der Waals surface area contributed by atoms with Crippen LogP contribution < -0.4 is 4.74 Å². The summed E-state index contributed by atoms with van der Waals surface area (Å²) < 4.78 is 43.3. The van der Waals surface area contributed by atoms with Gasteiger partial charge in [0.15, 0.2) is 11.4 Å². The molecule has 5 nitrogen and oxygen atoms in total. The molecule has 222 valence electrons. The Balaban J connectivity index is 1.45. The summed E-state index contributed by atoms with van der Waals surface area (Å²) in [6.07, 6.45) is 4.99. The average Bonchev–Trinajstić information content (AvgIpc) is 3.75. The predicted molar refractivity (Wildman–Crippen MR) is 178 cm³/mol. The molecule has 0 atom stereocenters. The maximum atomic E-state index is 17.2. The normalized spacial score (nSPS) is 14.7. The first-order valence-corrected chi connectivity index (χ1v) is 15.7. The summed E-state index contributed by atoms with van der Waals surface area (Å²) in [6, 6.07) is 41.3. The molecule has 0 aliphatic carbocycles. The number of para-hydroxylation sites is 1. The van der Waals surface area contributed by atoms with Crippen LogP contribution in [0.3, 0.4) is 0 Å². The van der Waals surface area contributed by atoms with Gasteiger partial charge in [-0.3, -0.25) is 0 Å². The number of ether oxygens (including phenoxy) is 1. The minimum atomic E-state index is -4.34. The summed E-state index contributed by atoms with van der Waals surface area (Å²) in [5, 5.41) is 0.586. The van der Waals surface area contributed by atoms with Crippen LogP contribution >= 0.6 is 11.8 Å². The number of halogens is 2. The second kappa shape index (κ2) is 11.4. The van der Waals surface area contributed by atoms with Crippen LogP contribution in [0.25, 0.3) is 16.8 Å². The van der Waals surface area contributed by atoms with E-state index in [1.165, 1.54) is 27.1 Å². The Morgan fingerprint density at radius 1 is 0.652 bits per heavy atom. The van der Waals surface area contributed by atoms with Crippen LogP contribution in [0.2, 0.25) is 0 Å². The lowest BCUT2D eigenvalue weighted by Gasteiger charge is -2.34. The zero-order valence-corrected chi connectivity index (χ0v) is 25.2. The van der Waals surface area contributed by atoms with Gasteiger partial charge in [-0.05, 0) is 54.1 Å². The van der Waals surface area contributed by atoms with E-state index in [2.05, 4.69) is 4.98 Å². The van der Waals surface area contributed by atoms with Crippen molar-refractivity contribution in [3.05, 3.63) is 174 Å². The smallest absolute Gasteiger partial charge is 0.438 e. The van der Waals surface area contributed by atoms with E-state index in [1.54, 1.807) is 24.3 Å². The lowest BCUT2D eigenvalue weighted by Crippen LogP contribution is -2.51. The van der Waals surface area contributed by atoms with Crippen molar-refractivity contribution in [3.63, 3.8) is 0 Å². The highest BCUT2D eigenvalue weighted by Crippen LogP contribution is 2.48. The number of benzene rings is 4. The molecule has 46 heavy (non-hydrogen) atoms. The van der Waals surface area contributed by atoms with E-state index in [0.29, 0.717) is 55.8 Å². The summed E-state index contributed by atoms with van der Waals surface area (Å²) in [5.41, 5.74) is 4.01. The molecule has 0 N–H and O–H groups in total. The van der Waals surface area contributed by atoms with Crippen molar-refractivity contribution in [2.45, 2.75) is 9.92 Å². The molecule has 4 aromatic carbocycles. The fraction of sp³-hybridized carbons (Fsp3) is 0. The first-order valence-electron chi connectivity index (χ1n) is 14.8. The molecule has 0 amide bonds. The number of rotatable bonds is 7. The summed E-state index contributed by atoms with van der Waals surface area (Å²) in [6.45, 7) is -4.34. The fourth-order valence-corrected chi connectivity index (χ4v) is 7.00. The number of hydrogen-bond acceptors (Lipinski definition) is 4. The fourth-order valence-electron chi connectivity index (χ4n) is 6.09. The molecule has 2 aliphatic heterocycles. The second-order valence-corrected chi connectivity index (χ2v) is 11.9. The van der Waals surface area contributed by atoms with Crippen molar-refractivity contribution < 1.29 is 17.9 Å². The molecule has 0 bridgehead atoms. The van der Waals surface area contributed by atoms with E-state index in [1.807, 2.05) is 121 Å². The Bertz CT molecular complexity index is 2110. The molecule has 0 spiro atoms. The summed E-state index contributed by atoms with van der Waals surface area (Å²) >= 11 is 1.44. The molecule has 8 rings (SSSR count). The number of aromatic nitrogens is 3. The van der Waals surface area contributed by atoms with Crippen LogP contribution in [-0.2, 0) is 0 Å². The van der Waals surface area contributed by atoms with Gasteiger partial charge in [0, 0.05) is 34.0 Å². The van der Waals surface area contributed by atoms with Crippen LogP contribution in [-0.4, -0.2) is 31.6 Å². The standard InChI is InChI=1S/C37H25BF2N4OS/c39-38(40)43-30(26-13-5-1-6-14-26)21-23-32(43)34(33-24-22-31(44(33)38)27-15-7-2-8-16-27)35-36(45-28-17-9-3-10-18-28)41-25-42-37(35)46-29-19-11-4-12-20-29/h1-25H. The summed E-state index contributed by atoms with van der Waals surface area (Å²) in [4.78, 5) is 10.3. The zero-order valence-electron chi connectivity index (χ0n) is 24.4. The summed E-state index contributed by atoms with van der Waals surface area (Å²) in [7, 11) is 0. The highest BCUT2D eigenvalue weighted by atomic mass is 32.2. The van der Waals surface area contributed by atoms with Crippen molar-refractivity contribution in [1.29, 1.82) is 0 Å². The molecule has 0 radical (unpaired) electrons. The van der Waals surface area contributed by atoms with Gasteiger partial charge in [0.05, 0.1) is 11.1 Å². The van der Waals surface area contributed by atoms with Crippen LogP contribution in [0.5, 0.6) is 11.6 Å². The third-order valence-electron chi connectivity index (χ3n) is 8.05. The van der Waals surface area contributed by atoms with Gasteiger partial charge in [0.2, 0.25) is 5.88 Å². The van der Waals surface area contributed by atoms with Crippen LogP contribution in [0.4, 0.5) is 8.63 Å². The molecule has 0 fully saturated rings. The van der Waals surface area contributed by atoms with Gasteiger partial charge in [0.1, 0.15) is 17.1 Å². The van der Waals surface area contributed by atoms with Crippen molar-refractivity contribution in [3.8, 4) is 22.9 Å². The van der Waals surface area contributed by atoms with Gasteiger partial charge in [-0.1, -0.05) is 96.7 Å². The first kappa shape index (κ1) is 28.0. The molecule has 4 heterocycles. The van der Waals surface area contributed by atoms with Crippen molar-refractivity contribution >= 4 is 30.0 Å². The van der Waals surface area contributed by atoms with Gasteiger partial charge in [0.25, 0.3) is 0 Å². The quantitative estimate of drug-likeness (QED) is 0.132. The Morgan fingerprint density at radius 3 is 1.96 bits per heavy atom. The lowest BCUT2D eigenvalue weighted by atomic mass is 9.85. The second-order valence-electron chi connectivity index (χ2n) is 10.8. The predicted octanol–water partition coefficient (Wildman–Crippen LogP) is 8.96. The van der Waals surface area contributed by atoms with Crippen LogP contribution in [0, 0.1) is 0 Å². The van der Waals surface area contributed by atoms with E-state index < -0.39 is 6.97 Å². The molecular weight excluding hydrogens is 597 g/mol. The molecule has 9 heteroatoms.